The zero-order valence-electron chi connectivity index (χ0n) is 16.1. The maximum Gasteiger partial charge on any atom is 0.227 e. The lowest BCUT2D eigenvalue weighted by atomic mass is 9.98. The largest absolute Gasteiger partial charge is 0.508 e. The lowest BCUT2D eigenvalue weighted by Gasteiger charge is -2.26. The smallest absolute Gasteiger partial charge is 0.227 e. The summed E-state index contributed by atoms with van der Waals surface area (Å²) in [6, 6.07) is 14.8. The normalized spacial score (nSPS) is 16.9. The Morgan fingerprint density at radius 3 is 2.75 bits per heavy atom. The Balaban J connectivity index is 1.55. The molecule has 0 radical (unpaired) electrons. The maximum atomic E-state index is 13.1. The fourth-order valence-electron chi connectivity index (χ4n) is 3.97. The standard InChI is InChI=1S/C23H26N2O3/c1-16(20-15-28-22-10-3-2-9-19(20)22)23(27)24-21(14-25-11-4-5-12-25)17-7-6-8-18(26)13-17/h2-3,6-10,13,15-16,21,26H,4-5,11-12,14H2,1H3,(H,24,27). The Morgan fingerprint density at radius 1 is 1.18 bits per heavy atom. The van der Waals surface area contributed by atoms with Gasteiger partial charge in [0.15, 0.2) is 0 Å². The molecule has 5 heteroatoms. The van der Waals surface area contributed by atoms with E-state index in [0.717, 1.165) is 41.7 Å². The summed E-state index contributed by atoms with van der Waals surface area (Å²) in [5.74, 6) is -0.159. The molecule has 146 valence electrons. The van der Waals surface area contributed by atoms with Crippen LogP contribution in [0.5, 0.6) is 5.75 Å². The van der Waals surface area contributed by atoms with Crippen LogP contribution in [0.25, 0.3) is 11.0 Å². The van der Waals surface area contributed by atoms with Gasteiger partial charge in [0.05, 0.1) is 18.2 Å². The molecule has 1 aromatic heterocycles. The molecule has 2 unspecified atom stereocenters. The van der Waals surface area contributed by atoms with Gasteiger partial charge in [-0.3, -0.25) is 4.79 Å². The lowest BCUT2D eigenvalue weighted by Crippen LogP contribution is -2.38. The van der Waals surface area contributed by atoms with E-state index >= 15 is 0 Å². The van der Waals surface area contributed by atoms with Gasteiger partial charge >= 0.3 is 0 Å². The molecule has 1 aliphatic heterocycles. The highest BCUT2D eigenvalue weighted by molar-refractivity contribution is 5.90. The Kier molecular flexibility index (Phi) is 5.35. The molecule has 2 heterocycles. The summed E-state index contributed by atoms with van der Waals surface area (Å²) in [5, 5.41) is 14.1. The average Bonchev–Trinajstić information content (AvgIpc) is 3.36. The van der Waals surface area contributed by atoms with Gasteiger partial charge in [-0.05, 0) is 56.6 Å². The fraction of sp³-hybridized carbons (Fsp3) is 0.348. The summed E-state index contributed by atoms with van der Waals surface area (Å²) in [6.07, 6.45) is 4.06. The summed E-state index contributed by atoms with van der Waals surface area (Å²) in [4.78, 5) is 15.5. The number of likely N-dealkylation sites (tertiary alicyclic amines) is 1. The van der Waals surface area contributed by atoms with Gasteiger partial charge in [-0.1, -0.05) is 30.3 Å². The lowest BCUT2D eigenvalue weighted by molar-refractivity contribution is -0.123. The molecule has 4 rings (SSSR count). The summed E-state index contributed by atoms with van der Waals surface area (Å²) < 4.78 is 5.61. The molecule has 1 fully saturated rings. The van der Waals surface area contributed by atoms with Crippen LogP contribution < -0.4 is 5.32 Å². The first-order chi connectivity index (χ1) is 13.6. The van der Waals surface area contributed by atoms with Crippen molar-refractivity contribution in [2.45, 2.75) is 31.7 Å². The number of carbonyl (C=O) groups excluding carboxylic acids is 1. The van der Waals surface area contributed by atoms with Gasteiger partial charge in [0.25, 0.3) is 0 Å². The Morgan fingerprint density at radius 2 is 1.96 bits per heavy atom. The molecule has 3 aromatic rings. The predicted molar refractivity (Wildman–Crippen MR) is 109 cm³/mol. The minimum absolute atomic E-state index is 0.0425. The van der Waals surface area contributed by atoms with Crippen molar-refractivity contribution >= 4 is 16.9 Å². The van der Waals surface area contributed by atoms with Crippen LogP contribution in [0, 0.1) is 0 Å². The van der Waals surface area contributed by atoms with Crippen LogP contribution in [0.1, 0.15) is 42.9 Å². The number of nitrogens with zero attached hydrogens (tertiary/aromatic N) is 1. The number of hydrogen-bond acceptors (Lipinski definition) is 4. The van der Waals surface area contributed by atoms with E-state index in [1.54, 1.807) is 18.4 Å². The molecule has 1 amide bonds. The SMILES string of the molecule is CC(C(=O)NC(CN1CCCC1)c1cccc(O)c1)c1coc2ccccc12. The number of furan rings is 1. The van der Waals surface area contributed by atoms with Crippen molar-refractivity contribution in [1.82, 2.24) is 10.2 Å². The number of phenols is 1. The van der Waals surface area contributed by atoms with Crippen LogP contribution >= 0.6 is 0 Å². The molecule has 2 aromatic carbocycles. The summed E-state index contributed by atoms with van der Waals surface area (Å²) in [6.45, 7) is 4.75. The molecular formula is C23H26N2O3. The predicted octanol–water partition coefficient (Wildman–Crippen LogP) is 4.20. The van der Waals surface area contributed by atoms with Crippen molar-refractivity contribution < 1.29 is 14.3 Å². The number of benzene rings is 2. The second-order valence-electron chi connectivity index (χ2n) is 7.57. The zero-order chi connectivity index (χ0) is 19.5. The number of carbonyl (C=O) groups is 1. The molecule has 0 aliphatic carbocycles. The number of amides is 1. The van der Waals surface area contributed by atoms with E-state index in [-0.39, 0.29) is 23.6 Å². The molecule has 1 aliphatic rings. The van der Waals surface area contributed by atoms with E-state index < -0.39 is 0 Å². The van der Waals surface area contributed by atoms with Gasteiger partial charge in [0, 0.05) is 17.5 Å². The third kappa shape index (κ3) is 3.90. The minimum atomic E-state index is -0.331. The third-order valence-corrected chi connectivity index (χ3v) is 5.60. The van der Waals surface area contributed by atoms with Gasteiger partial charge in [-0.15, -0.1) is 0 Å². The monoisotopic (exact) mass is 378 g/mol. The molecule has 0 spiro atoms. The molecule has 5 nitrogen and oxygen atoms in total. The molecule has 0 bridgehead atoms. The van der Waals surface area contributed by atoms with E-state index in [4.69, 9.17) is 4.42 Å². The highest BCUT2D eigenvalue weighted by Crippen LogP contribution is 2.29. The first-order valence-corrected chi connectivity index (χ1v) is 9.89. The Hall–Kier alpha value is -2.79. The van der Waals surface area contributed by atoms with Gasteiger partial charge in [0.1, 0.15) is 11.3 Å². The average molecular weight is 378 g/mol. The second-order valence-corrected chi connectivity index (χ2v) is 7.57. The van der Waals surface area contributed by atoms with Crippen LogP contribution in [0.2, 0.25) is 0 Å². The quantitative estimate of drug-likeness (QED) is 0.675. The van der Waals surface area contributed by atoms with Crippen molar-refractivity contribution in [2.24, 2.45) is 0 Å². The van der Waals surface area contributed by atoms with Crippen LogP contribution in [0.3, 0.4) is 0 Å². The van der Waals surface area contributed by atoms with Gasteiger partial charge in [-0.2, -0.15) is 0 Å². The zero-order valence-corrected chi connectivity index (χ0v) is 16.1. The molecule has 2 atom stereocenters. The number of fused-ring (bicyclic) bond motifs is 1. The number of nitrogens with one attached hydrogen (secondary N) is 1. The van der Waals surface area contributed by atoms with Crippen LogP contribution in [0.15, 0.2) is 59.2 Å². The molecule has 28 heavy (non-hydrogen) atoms. The Labute approximate surface area is 165 Å². The third-order valence-electron chi connectivity index (χ3n) is 5.60. The summed E-state index contributed by atoms with van der Waals surface area (Å²) in [7, 11) is 0. The first-order valence-electron chi connectivity index (χ1n) is 9.89. The topological polar surface area (TPSA) is 65.7 Å². The number of phenolic OH excluding ortho intramolecular Hbond substituents is 1. The maximum absolute atomic E-state index is 13.1. The number of aromatic hydroxyl groups is 1. The van der Waals surface area contributed by atoms with E-state index in [1.165, 1.54) is 12.8 Å². The van der Waals surface area contributed by atoms with Crippen molar-refractivity contribution in [3.8, 4) is 5.75 Å². The van der Waals surface area contributed by atoms with E-state index in [0.29, 0.717) is 0 Å². The minimum Gasteiger partial charge on any atom is -0.508 e. The van der Waals surface area contributed by atoms with Gasteiger partial charge in [0.2, 0.25) is 5.91 Å². The molecular weight excluding hydrogens is 352 g/mol. The number of para-hydroxylation sites is 1. The molecule has 2 N–H and O–H groups in total. The number of hydrogen-bond donors (Lipinski definition) is 2. The summed E-state index contributed by atoms with van der Waals surface area (Å²) >= 11 is 0. The Bertz CT molecular complexity index is 959. The van der Waals surface area contributed by atoms with E-state index in [9.17, 15) is 9.90 Å². The van der Waals surface area contributed by atoms with Gasteiger partial charge in [-0.25, -0.2) is 0 Å². The van der Waals surface area contributed by atoms with E-state index in [2.05, 4.69) is 10.2 Å². The number of rotatable bonds is 6. The second kappa shape index (κ2) is 8.07. The van der Waals surface area contributed by atoms with Crippen LogP contribution in [0.4, 0.5) is 0 Å². The molecule has 0 saturated carbocycles. The summed E-state index contributed by atoms with van der Waals surface area (Å²) in [5.41, 5.74) is 2.60. The van der Waals surface area contributed by atoms with Gasteiger partial charge < -0.3 is 19.7 Å². The van der Waals surface area contributed by atoms with Crippen LogP contribution in [-0.2, 0) is 4.79 Å². The van der Waals surface area contributed by atoms with Crippen LogP contribution in [-0.4, -0.2) is 35.5 Å². The van der Waals surface area contributed by atoms with Crippen molar-refractivity contribution in [3.05, 3.63) is 65.9 Å². The van der Waals surface area contributed by atoms with Crippen molar-refractivity contribution in [2.75, 3.05) is 19.6 Å². The fourth-order valence-corrected chi connectivity index (χ4v) is 3.97. The van der Waals surface area contributed by atoms with E-state index in [1.807, 2.05) is 43.3 Å². The van der Waals surface area contributed by atoms with Crippen molar-refractivity contribution in [3.63, 3.8) is 0 Å². The van der Waals surface area contributed by atoms with Crippen molar-refractivity contribution in [1.29, 1.82) is 0 Å². The first kappa shape index (κ1) is 18.6. The molecule has 1 saturated heterocycles. The highest BCUT2D eigenvalue weighted by atomic mass is 16.3. The highest BCUT2D eigenvalue weighted by Gasteiger charge is 2.25.